The highest BCUT2D eigenvalue weighted by Gasteiger charge is 2.05. The summed E-state index contributed by atoms with van der Waals surface area (Å²) >= 11 is 5.22. The van der Waals surface area contributed by atoms with Gasteiger partial charge in [0.1, 0.15) is 5.01 Å². The van der Waals surface area contributed by atoms with Gasteiger partial charge < -0.3 is 10.6 Å². The molecule has 0 amide bonds. The van der Waals surface area contributed by atoms with Crippen molar-refractivity contribution >= 4 is 57.2 Å². The summed E-state index contributed by atoms with van der Waals surface area (Å²) in [4.78, 5) is 10.5. The fraction of sp³-hybridized carbons (Fsp3) is 0.412. The molecule has 24 heavy (non-hydrogen) atoms. The topological polar surface area (TPSA) is 49.3 Å². The summed E-state index contributed by atoms with van der Waals surface area (Å²) in [6.45, 7) is 10.5. The van der Waals surface area contributed by atoms with Crippen LogP contribution in [0.15, 0.2) is 27.7 Å². The second kappa shape index (κ2) is 10.4. The van der Waals surface area contributed by atoms with Crippen molar-refractivity contribution in [2.75, 3.05) is 6.54 Å². The Morgan fingerprint density at radius 1 is 1.25 bits per heavy atom. The summed E-state index contributed by atoms with van der Waals surface area (Å²) in [5.41, 5.74) is 3.58. The van der Waals surface area contributed by atoms with Crippen molar-refractivity contribution in [1.29, 1.82) is 0 Å². The van der Waals surface area contributed by atoms with Gasteiger partial charge in [0.25, 0.3) is 0 Å². The zero-order chi connectivity index (χ0) is 16.8. The van der Waals surface area contributed by atoms with E-state index < -0.39 is 0 Å². The number of benzene rings is 1. The average molecular weight is 523 g/mol. The Morgan fingerprint density at radius 3 is 2.58 bits per heavy atom. The van der Waals surface area contributed by atoms with Gasteiger partial charge in [-0.1, -0.05) is 22.0 Å². The van der Waals surface area contributed by atoms with E-state index in [2.05, 4.69) is 75.5 Å². The van der Waals surface area contributed by atoms with Gasteiger partial charge in [-0.05, 0) is 51.0 Å². The largest absolute Gasteiger partial charge is 0.357 e. The highest BCUT2D eigenvalue weighted by Crippen LogP contribution is 2.17. The number of halogens is 2. The van der Waals surface area contributed by atoms with Crippen LogP contribution in [0.3, 0.4) is 0 Å². The lowest BCUT2D eigenvalue weighted by atomic mass is 10.1. The molecule has 1 aromatic heterocycles. The molecule has 0 aliphatic carbocycles. The van der Waals surface area contributed by atoms with Crippen molar-refractivity contribution in [3.8, 4) is 0 Å². The number of thiazole rings is 1. The van der Waals surface area contributed by atoms with E-state index in [4.69, 9.17) is 0 Å². The lowest BCUT2D eigenvalue weighted by molar-refractivity contribution is 0.809. The van der Waals surface area contributed by atoms with Crippen molar-refractivity contribution in [3.63, 3.8) is 0 Å². The molecule has 0 radical (unpaired) electrons. The number of guanidine groups is 1. The van der Waals surface area contributed by atoms with E-state index in [-0.39, 0.29) is 24.0 Å². The molecule has 0 atom stereocenters. The van der Waals surface area contributed by atoms with Crippen molar-refractivity contribution in [1.82, 2.24) is 15.6 Å². The second-order valence-electron chi connectivity index (χ2n) is 5.37. The third-order valence-corrected chi connectivity index (χ3v) is 5.10. The Bertz CT molecular complexity index is 680. The maximum absolute atomic E-state index is 4.67. The average Bonchev–Trinajstić information content (AvgIpc) is 2.82. The van der Waals surface area contributed by atoms with Gasteiger partial charge in [0.15, 0.2) is 5.96 Å². The quantitative estimate of drug-likeness (QED) is 0.340. The molecule has 1 aromatic carbocycles. The van der Waals surface area contributed by atoms with E-state index in [0.717, 1.165) is 27.7 Å². The SMILES string of the molecule is CCNC(=NCc1ccc(Br)cc1C)NCc1nc(C)c(C)s1.I. The van der Waals surface area contributed by atoms with Crippen LogP contribution in [0.1, 0.15) is 33.6 Å². The lowest BCUT2D eigenvalue weighted by Crippen LogP contribution is -2.36. The van der Waals surface area contributed by atoms with Crippen LogP contribution >= 0.6 is 51.2 Å². The number of aromatic nitrogens is 1. The van der Waals surface area contributed by atoms with Crippen LogP contribution in [0.2, 0.25) is 0 Å². The maximum atomic E-state index is 4.67. The van der Waals surface area contributed by atoms with Gasteiger partial charge in [-0.3, -0.25) is 0 Å². The number of nitrogens with one attached hydrogen (secondary N) is 2. The minimum Gasteiger partial charge on any atom is -0.357 e. The normalized spacial score (nSPS) is 11.1. The first-order valence-corrected chi connectivity index (χ1v) is 9.30. The second-order valence-corrected chi connectivity index (χ2v) is 7.57. The van der Waals surface area contributed by atoms with Crippen LogP contribution in [-0.2, 0) is 13.1 Å². The molecule has 0 saturated heterocycles. The summed E-state index contributed by atoms with van der Waals surface area (Å²) < 4.78 is 1.10. The van der Waals surface area contributed by atoms with E-state index in [1.807, 2.05) is 6.92 Å². The predicted molar refractivity (Wildman–Crippen MR) is 118 cm³/mol. The van der Waals surface area contributed by atoms with E-state index in [1.165, 1.54) is 16.0 Å². The Morgan fingerprint density at radius 2 is 2.00 bits per heavy atom. The van der Waals surface area contributed by atoms with Crippen LogP contribution < -0.4 is 10.6 Å². The molecule has 4 nitrogen and oxygen atoms in total. The molecule has 0 fully saturated rings. The van der Waals surface area contributed by atoms with Gasteiger partial charge in [0.2, 0.25) is 0 Å². The van der Waals surface area contributed by atoms with Gasteiger partial charge in [-0.15, -0.1) is 35.3 Å². The van der Waals surface area contributed by atoms with E-state index in [1.54, 1.807) is 11.3 Å². The van der Waals surface area contributed by atoms with Crippen LogP contribution in [0.5, 0.6) is 0 Å². The third-order valence-electron chi connectivity index (χ3n) is 3.54. The van der Waals surface area contributed by atoms with E-state index in [0.29, 0.717) is 13.1 Å². The molecule has 0 saturated carbocycles. The summed E-state index contributed by atoms with van der Waals surface area (Å²) in [5, 5.41) is 7.73. The molecule has 2 rings (SSSR count). The predicted octanol–water partition coefficient (Wildman–Crippen LogP) is 4.70. The number of nitrogens with zero attached hydrogens (tertiary/aromatic N) is 2. The van der Waals surface area contributed by atoms with Gasteiger partial charge in [0, 0.05) is 15.9 Å². The van der Waals surface area contributed by atoms with Gasteiger partial charge in [-0.25, -0.2) is 9.98 Å². The number of rotatable bonds is 5. The Kier molecular flexibility index (Phi) is 9.22. The molecule has 0 bridgehead atoms. The minimum atomic E-state index is 0. The molecule has 0 spiro atoms. The smallest absolute Gasteiger partial charge is 0.191 e. The van der Waals surface area contributed by atoms with Gasteiger partial charge >= 0.3 is 0 Å². The monoisotopic (exact) mass is 522 g/mol. The third kappa shape index (κ3) is 6.33. The standard InChI is InChI=1S/C17H23BrN4S.HI/c1-5-19-17(21-10-16-22-12(3)13(4)23-16)20-9-14-6-7-15(18)8-11(14)2;/h6-8H,5,9-10H2,1-4H3,(H2,19,20,21);1H. The molecule has 0 aliphatic rings. The van der Waals surface area contributed by atoms with Crippen molar-refractivity contribution in [2.45, 2.75) is 40.8 Å². The highest BCUT2D eigenvalue weighted by molar-refractivity contribution is 14.0. The molecule has 0 unspecified atom stereocenters. The molecule has 1 heterocycles. The molecular weight excluding hydrogens is 499 g/mol. The van der Waals surface area contributed by atoms with Gasteiger partial charge in [0.05, 0.1) is 18.8 Å². The molecule has 132 valence electrons. The summed E-state index contributed by atoms with van der Waals surface area (Å²) in [7, 11) is 0. The Labute approximate surface area is 173 Å². The zero-order valence-corrected chi connectivity index (χ0v) is 19.2. The van der Waals surface area contributed by atoms with Crippen molar-refractivity contribution < 1.29 is 0 Å². The van der Waals surface area contributed by atoms with Crippen LogP contribution in [0.25, 0.3) is 0 Å². The van der Waals surface area contributed by atoms with E-state index in [9.17, 15) is 0 Å². The zero-order valence-electron chi connectivity index (χ0n) is 14.4. The van der Waals surface area contributed by atoms with Gasteiger partial charge in [-0.2, -0.15) is 0 Å². The van der Waals surface area contributed by atoms with Crippen molar-refractivity contribution in [3.05, 3.63) is 49.4 Å². The fourth-order valence-electron chi connectivity index (χ4n) is 2.12. The maximum Gasteiger partial charge on any atom is 0.191 e. The number of hydrogen-bond donors (Lipinski definition) is 2. The van der Waals surface area contributed by atoms with Crippen molar-refractivity contribution in [2.24, 2.45) is 4.99 Å². The summed E-state index contributed by atoms with van der Waals surface area (Å²) in [6.07, 6.45) is 0. The minimum absolute atomic E-state index is 0. The van der Waals surface area contributed by atoms with Crippen LogP contribution in [0, 0.1) is 20.8 Å². The molecular formula is C17H24BrIN4S. The first-order chi connectivity index (χ1) is 11.0. The molecule has 7 heteroatoms. The summed E-state index contributed by atoms with van der Waals surface area (Å²) in [6, 6.07) is 6.28. The van der Waals surface area contributed by atoms with Crippen LogP contribution in [-0.4, -0.2) is 17.5 Å². The Balaban J connectivity index is 0.00000288. The first-order valence-electron chi connectivity index (χ1n) is 7.69. The molecule has 2 aromatic rings. The number of aryl methyl sites for hydroxylation is 3. The highest BCUT2D eigenvalue weighted by atomic mass is 127. The number of hydrogen-bond acceptors (Lipinski definition) is 3. The lowest BCUT2D eigenvalue weighted by Gasteiger charge is -2.11. The van der Waals surface area contributed by atoms with E-state index >= 15 is 0 Å². The Hall–Kier alpha value is -0.670. The number of aliphatic imine (C=N–C) groups is 1. The summed E-state index contributed by atoms with van der Waals surface area (Å²) in [5.74, 6) is 0.820. The molecule has 2 N–H and O–H groups in total. The first kappa shape index (κ1) is 21.4. The molecule has 0 aliphatic heterocycles. The van der Waals surface area contributed by atoms with Crippen LogP contribution in [0.4, 0.5) is 0 Å². The fourth-order valence-corrected chi connectivity index (χ4v) is 3.47.